The van der Waals surface area contributed by atoms with Crippen LogP contribution < -0.4 is 0 Å². The maximum absolute atomic E-state index is 12.6. The zero-order chi connectivity index (χ0) is 15.6. The third-order valence-corrected chi connectivity index (χ3v) is 6.24. The van der Waals surface area contributed by atoms with Gasteiger partial charge in [0.25, 0.3) is 5.91 Å². The maximum atomic E-state index is 12.6. The molecule has 4 nitrogen and oxygen atoms in total. The van der Waals surface area contributed by atoms with Gasteiger partial charge in [0.1, 0.15) is 0 Å². The molecule has 2 atom stereocenters. The molecule has 0 bridgehead atoms. The molecule has 1 aliphatic rings. The fourth-order valence-electron chi connectivity index (χ4n) is 2.82. The monoisotopic (exact) mass is 373 g/mol. The van der Waals surface area contributed by atoms with Crippen molar-refractivity contribution in [2.45, 2.75) is 33.1 Å². The zero-order valence-electron chi connectivity index (χ0n) is 12.3. The first-order valence-corrected chi connectivity index (χ1v) is 8.76. The second-order valence-corrected chi connectivity index (χ2v) is 8.17. The van der Waals surface area contributed by atoms with Crippen molar-refractivity contribution in [1.82, 2.24) is 4.90 Å². The number of aryl methyl sites for hydroxylation is 1. The third kappa shape index (κ3) is 4.07. The molecule has 0 radical (unpaired) electrons. The number of hydrogen-bond donors (Lipinski definition) is 1. The SMILES string of the molecule is Cc1cc(C(=O)N2CCCC(C(C)CC(=O)O)C2)sc1Br. The second kappa shape index (κ2) is 6.92. The van der Waals surface area contributed by atoms with Gasteiger partial charge in [0.15, 0.2) is 0 Å². The summed E-state index contributed by atoms with van der Waals surface area (Å²) >= 11 is 4.92. The summed E-state index contributed by atoms with van der Waals surface area (Å²) in [6, 6.07) is 1.92. The van der Waals surface area contributed by atoms with E-state index < -0.39 is 5.97 Å². The summed E-state index contributed by atoms with van der Waals surface area (Å²) < 4.78 is 0.999. The summed E-state index contributed by atoms with van der Waals surface area (Å²) in [7, 11) is 0. The number of hydrogen-bond acceptors (Lipinski definition) is 3. The maximum Gasteiger partial charge on any atom is 0.303 e. The van der Waals surface area contributed by atoms with E-state index in [2.05, 4.69) is 15.9 Å². The van der Waals surface area contributed by atoms with Crippen molar-refractivity contribution in [1.29, 1.82) is 0 Å². The van der Waals surface area contributed by atoms with Crippen LogP contribution in [0.5, 0.6) is 0 Å². The van der Waals surface area contributed by atoms with Crippen molar-refractivity contribution in [2.24, 2.45) is 11.8 Å². The number of piperidine rings is 1. The van der Waals surface area contributed by atoms with Gasteiger partial charge in [0, 0.05) is 19.5 Å². The molecule has 0 aliphatic carbocycles. The number of thiophene rings is 1. The molecule has 1 saturated heterocycles. The van der Waals surface area contributed by atoms with E-state index in [4.69, 9.17) is 5.11 Å². The summed E-state index contributed by atoms with van der Waals surface area (Å²) in [5.41, 5.74) is 1.08. The van der Waals surface area contributed by atoms with Gasteiger partial charge in [-0.25, -0.2) is 0 Å². The molecule has 1 aromatic heterocycles. The van der Waals surface area contributed by atoms with Crippen molar-refractivity contribution in [3.63, 3.8) is 0 Å². The molecule has 1 aromatic rings. The van der Waals surface area contributed by atoms with Gasteiger partial charge in [-0.3, -0.25) is 9.59 Å². The van der Waals surface area contributed by atoms with Crippen LogP contribution in [-0.4, -0.2) is 35.0 Å². The molecular formula is C15H20BrNO3S. The molecule has 0 saturated carbocycles. The van der Waals surface area contributed by atoms with Crippen molar-refractivity contribution >= 4 is 39.1 Å². The van der Waals surface area contributed by atoms with Crippen LogP contribution in [0.4, 0.5) is 0 Å². The number of aliphatic carboxylic acids is 1. The Bertz CT molecular complexity index is 524. The minimum atomic E-state index is -0.760. The number of carboxylic acids is 1. The highest BCUT2D eigenvalue weighted by atomic mass is 79.9. The number of halogens is 1. The van der Waals surface area contributed by atoms with E-state index in [0.29, 0.717) is 6.54 Å². The number of carboxylic acid groups (broad SMARTS) is 1. The molecule has 2 unspecified atom stereocenters. The van der Waals surface area contributed by atoms with Crippen LogP contribution >= 0.6 is 27.3 Å². The average molecular weight is 374 g/mol. The quantitative estimate of drug-likeness (QED) is 0.873. The Morgan fingerprint density at radius 2 is 2.29 bits per heavy atom. The van der Waals surface area contributed by atoms with Crippen LogP contribution in [0.2, 0.25) is 0 Å². The molecule has 1 N–H and O–H groups in total. The van der Waals surface area contributed by atoms with Crippen LogP contribution in [-0.2, 0) is 4.79 Å². The van der Waals surface area contributed by atoms with E-state index in [1.54, 1.807) is 0 Å². The zero-order valence-corrected chi connectivity index (χ0v) is 14.7. The fraction of sp³-hybridized carbons (Fsp3) is 0.600. The molecule has 21 heavy (non-hydrogen) atoms. The molecular weight excluding hydrogens is 354 g/mol. The Labute approximate surface area is 137 Å². The molecule has 1 aliphatic heterocycles. The summed E-state index contributed by atoms with van der Waals surface area (Å²) in [6.45, 7) is 5.38. The molecule has 1 fully saturated rings. The van der Waals surface area contributed by atoms with Gasteiger partial charge in [-0.2, -0.15) is 0 Å². The first kappa shape index (κ1) is 16.5. The Morgan fingerprint density at radius 3 is 2.86 bits per heavy atom. The van der Waals surface area contributed by atoms with Crippen LogP contribution in [0.3, 0.4) is 0 Å². The predicted molar refractivity (Wildman–Crippen MR) is 86.8 cm³/mol. The van der Waals surface area contributed by atoms with E-state index in [9.17, 15) is 9.59 Å². The Morgan fingerprint density at radius 1 is 1.57 bits per heavy atom. The largest absolute Gasteiger partial charge is 0.481 e. The normalized spacial score (nSPS) is 20.3. The lowest BCUT2D eigenvalue weighted by Gasteiger charge is -2.35. The molecule has 6 heteroatoms. The predicted octanol–water partition coefficient (Wildman–Crippen LogP) is 3.78. The van der Waals surface area contributed by atoms with Gasteiger partial charge in [-0.1, -0.05) is 6.92 Å². The standard InChI is InChI=1S/C15H20BrNO3S/c1-9(7-13(18)19)11-4-3-5-17(8-11)15(20)12-6-10(2)14(16)21-12/h6,9,11H,3-5,7-8H2,1-2H3,(H,18,19). The summed E-state index contributed by atoms with van der Waals surface area (Å²) in [6.07, 6.45) is 2.13. The van der Waals surface area contributed by atoms with Crippen molar-refractivity contribution in [2.75, 3.05) is 13.1 Å². The van der Waals surface area contributed by atoms with Gasteiger partial charge >= 0.3 is 5.97 Å². The Kier molecular flexibility index (Phi) is 5.43. The number of nitrogens with zero attached hydrogens (tertiary/aromatic N) is 1. The minimum absolute atomic E-state index is 0.0704. The Balaban J connectivity index is 2.03. The summed E-state index contributed by atoms with van der Waals surface area (Å²) in [5.74, 6) is -0.303. The number of carbonyl (C=O) groups is 2. The molecule has 1 amide bonds. The van der Waals surface area contributed by atoms with Gasteiger partial charge in [0.2, 0.25) is 0 Å². The average Bonchev–Trinajstić information content (AvgIpc) is 2.77. The minimum Gasteiger partial charge on any atom is -0.481 e. The van der Waals surface area contributed by atoms with Gasteiger partial charge in [-0.05, 0) is 59.2 Å². The lowest BCUT2D eigenvalue weighted by atomic mass is 9.84. The van der Waals surface area contributed by atoms with Crippen molar-refractivity contribution < 1.29 is 14.7 Å². The van der Waals surface area contributed by atoms with E-state index in [1.807, 2.05) is 24.8 Å². The molecule has 0 spiro atoms. The first-order valence-electron chi connectivity index (χ1n) is 7.15. The van der Waals surface area contributed by atoms with Gasteiger partial charge in [0.05, 0.1) is 8.66 Å². The summed E-state index contributed by atoms with van der Waals surface area (Å²) in [4.78, 5) is 26.0. The molecule has 116 valence electrons. The van der Waals surface area contributed by atoms with E-state index in [1.165, 1.54) is 11.3 Å². The highest BCUT2D eigenvalue weighted by molar-refractivity contribution is 9.11. The van der Waals surface area contributed by atoms with E-state index in [0.717, 1.165) is 33.6 Å². The van der Waals surface area contributed by atoms with Crippen LogP contribution in [0.25, 0.3) is 0 Å². The molecule has 0 aromatic carbocycles. The second-order valence-electron chi connectivity index (χ2n) is 5.80. The van der Waals surface area contributed by atoms with E-state index >= 15 is 0 Å². The highest BCUT2D eigenvalue weighted by Gasteiger charge is 2.29. The number of likely N-dealkylation sites (tertiary alicyclic amines) is 1. The summed E-state index contributed by atoms with van der Waals surface area (Å²) in [5, 5.41) is 8.92. The molecule has 2 heterocycles. The lowest BCUT2D eigenvalue weighted by Crippen LogP contribution is -2.41. The van der Waals surface area contributed by atoms with Crippen molar-refractivity contribution in [3.8, 4) is 0 Å². The van der Waals surface area contributed by atoms with Crippen LogP contribution in [0, 0.1) is 18.8 Å². The number of carbonyl (C=O) groups excluding carboxylic acids is 1. The van der Waals surface area contributed by atoms with Crippen LogP contribution in [0.1, 0.15) is 41.4 Å². The van der Waals surface area contributed by atoms with Gasteiger partial charge in [-0.15, -0.1) is 11.3 Å². The first-order chi connectivity index (χ1) is 9.88. The number of amides is 1. The smallest absolute Gasteiger partial charge is 0.303 e. The van der Waals surface area contributed by atoms with Crippen LogP contribution in [0.15, 0.2) is 9.85 Å². The third-order valence-electron chi connectivity index (χ3n) is 4.11. The molecule has 2 rings (SSSR count). The van der Waals surface area contributed by atoms with Gasteiger partial charge < -0.3 is 10.0 Å². The number of rotatable bonds is 4. The van der Waals surface area contributed by atoms with E-state index in [-0.39, 0.29) is 24.2 Å². The highest BCUT2D eigenvalue weighted by Crippen LogP contribution is 2.31. The van der Waals surface area contributed by atoms with Crippen molar-refractivity contribution in [3.05, 3.63) is 20.3 Å². The Hall–Kier alpha value is -0.880. The lowest BCUT2D eigenvalue weighted by molar-refractivity contribution is -0.138. The fourth-order valence-corrected chi connectivity index (χ4v) is 4.32. The topological polar surface area (TPSA) is 57.6 Å².